The van der Waals surface area contributed by atoms with Crippen LogP contribution in [0.25, 0.3) is 22.3 Å². The first kappa shape index (κ1) is 16.0. The molecule has 0 radical (unpaired) electrons. The fourth-order valence-corrected chi connectivity index (χ4v) is 3.49. The SMILES string of the molecule is Cc1nc(-c2ccc(N3CCCC(CO)C3)nc2)nc2ccccc12. The number of aliphatic hydroxyl groups excluding tert-OH is 1. The van der Waals surface area contributed by atoms with Crippen LogP contribution in [0.1, 0.15) is 18.5 Å². The molecule has 25 heavy (non-hydrogen) atoms. The Labute approximate surface area is 147 Å². The minimum atomic E-state index is 0.249. The van der Waals surface area contributed by atoms with Gasteiger partial charge in [-0.25, -0.2) is 15.0 Å². The Morgan fingerprint density at radius 3 is 2.84 bits per heavy atom. The first-order valence-electron chi connectivity index (χ1n) is 8.80. The van der Waals surface area contributed by atoms with Gasteiger partial charge >= 0.3 is 0 Å². The monoisotopic (exact) mass is 334 g/mol. The maximum atomic E-state index is 9.40. The summed E-state index contributed by atoms with van der Waals surface area (Å²) in [5, 5.41) is 10.5. The minimum Gasteiger partial charge on any atom is -0.396 e. The third-order valence-corrected chi connectivity index (χ3v) is 4.90. The Kier molecular flexibility index (Phi) is 4.32. The van der Waals surface area contributed by atoms with Crippen LogP contribution in [0.2, 0.25) is 0 Å². The summed E-state index contributed by atoms with van der Waals surface area (Å²) >= 11 is 0. The lowest BCUT2D eigenvalue weighted by Gasteiger charge is -2.32. The number of aliphatic hydroxyl groups is 1. The Morgan fingerprint density at radius 2 is 2.04 bits per heavy atom. The third-order valence-electron chi connectivity index (χ3n) is 4.90. The number of hydrogen-bond acceptors (Lipinski definition) is 5. The molecule has 3 aromatic rings. The summed E-state index contributed by atoms with van der Waals surface area (Å²) in [4.78, 5) is 16.2. The molecule has 1 aliphatic heterocycles. The zero-order valence-corrected chi connectivity index (χ0v) is 14.4. The normalized spacial score (nSPS) is 17.8. The van der Waals surface area contributed by atoms with Crippen LogP contribution < -0.4 is 4.90 Å². The molecule has 0 amide bonds. The van der Waals surface area contributed by atoms with E-state index in [4.69, 9.17) is 0 Å². The van der Waals surface area contributed by atoms with Gasteiger partial charge in [0.15, 0.2) is 5.82 Å². The van der Waals surface area contributed by atoms with Crippen molar-refractivity contribution in [3.8, 4) is 11.4 Å². The standard InChI is InChI=1S/C20H22N4O/c1-14-17-6-2-3-7-18(17)23-20(22-14)16-8-9-19(21-11-16)24-10-4-5-15(12-24)13-25/h2-3,6-9,11,15,25H,4-5,10,12-13H2,1H3. The molecule has 3 heterocycles. The quantitative estimate of drug-likeness (QED) is 0.797. The van der Waals surface area contributed by atoms with Crippen molar-refractivity contribution in [1.82, 2.24) is 15.0 Å². The number of anilines is 1. The molecular formula is C20H22N4O. The summed E-state index contributed by atoms with van der Waals surface area (Å²) in [6.07, 6.45) is 4.04. The highest BCUT2D eigenvalue weighted by atomic mass is 16.3. The Hall–Kier alpha value is -2.53. The first-order valence-corrected chi connectivity index (χ1v) is 8.80. The van der Waals surface area contributed by atoms with Crippen molar-refractivity contribution >= 4 is 16.7 Å². The number of para-hydroxylation sites is 1. The molecule has 1 atom stereocenters. The first-order chi connectivity index (χ1) is 12.2. The highest BCUT2D eigenvalue weighted by Gasteiger charge is 2.20. The van der Waals surface area contributed by atoms with Crippen molar-refractivity contribution in [3.63, 3.8) is 0 Å². The maximum absolute atomic E-state index is 9.40. The number of aryl methyl sites for hydroxylation is 1. The van der Waals surface area contributed by atoms with E-state index >= 15 is 0 Å². The van der Waals surface area contributed by atoms with Gasteiger partial charge in [0.1, 0.15) is 5.82 Å². The van der Waals surface area contributed by atoms with Crippen LogP contribution in [0.5, 0.6) is 0 Å². The zero-order chi connectivity index (χ0) is 17.2. The summed E-state index contributed by atoms with van der Waals surface area (Å²) < 4.78 is 0. The van der Waals surface area contributed by atoms with Crippen molar-refractivity contribution in [2.75, 3.05) is 24.6 Å². The molecule has 128 valence electrons. The number of fused-ring (bicyclic) bond motifs is 1. The van der Waals surface area contributed by atoms with E-state index in [0.29, 0.717) is 11.7 Å². The van der Waals surface area contributed by atoms with Gasteiger partial charge < -0.3 is 10.0 Å². The van der Waals surface area contributed by atoms with E-state index in [1.807, 2.05) is 49.5 Å². The topological polar surface area (TPSA) is 62.1 Å². The van der Waals surface area contributed by atoms with Gasteiger partial charge in [-0.1, -0.05) is 18.2 Å². The number of hydrogen-bond donors (Lipinski definition) is 1. The summed E-state index contributed by atoms with van der Waals surface area (Å²) in [7, 11) is 0. The zero-order valence-electron chi connectivity index (χ0n) is 14.4. The van der Waals surface area contributed by atoms with Crippen LogP contribution in [0.3, 0.4) is 0 Å². The van der Waals surface area contributed by atoms with Crippen LogP contribution in [-0.4, -0.2) is 39.8 Å². The molecule has 1 aromatic carbocycles. The molecule has 5 heteroatoms. The van der Waals surface area contributed by atoms with Gasteiger partial charge in [0.2, 0.25) is 0 Å². The molecule has 0 saturated carbocycles. The third kappa shape index (κ3) is 3.20. The maximum Gasteiger partial charge on any atom is 0.161 e. The number of aromatic nitrogens is 3. The average Bonchev–Trinajstić information content (AvgIpc) is 2.68. The lowest BCUT2D eigenvalue weighted by molar-refractivity contribution is 0.208. The van der Waals surface area contributed by atoms with E-state index in [0.717, 1.165) is 53.9 Å². The number of rotatable bonds is 3. The molecule has 0 bridgehead atoms. The highest BCUT2D eigenvalue weighted by molar-refractivity contribution is 5.82. The van der Waals surface area contributed by atoms with Crippen LogP contribution in [0, 0.1) is 12.8 Å². The van der Waals surface area contributed by atoms with E-state index in [1.54, 1.807) is 0 Å². The van der Waals surface area contributed by atoms with Crippen LogP contribution in [-0.2, 0) is 0 Å². The van der Waals surface area contributed by atoms with Gasteiger partial charge in [-0.3, -0.25) is 0 Å². The molecule has 5 nitrogen and oxygen atoms in total. The van der Waals surface area contributed by atoms with Crippen LogP contribution in [0.4, 0.5) is 5.82 Å². The van der Waals surface area contributed by atoms with Crippen molar-refractivity contribution < 1.29 is 5.11 Å². The van der Waals surface area contributed by atoms with Gasteiger partial charge in [0, 0.05) is 42.5 Å². The summed E-state index contributed by atoms with van der Waals surface area (Å²) in [5.41, 5.74) is 2.86. The molecular weight excluding hydrogens is 312 g/mol. The summed E-state index contributed by atoms with van der Waals surface area (Å²) in [6.45, 7) is 4.12. The van der Waals surface area contributed by atoms with E-state index in [1.165, 1.54) is 0 Å². The second kappa shape index (κ2) is 6.76. The van der Waals surface area contributed by atoms with Crippen LogP contribution in [0.15, 0.2) is 42.6 Å². The number of benzene rings is 1. The summed E-state index contributed by atoms with van der Waals surface area (Å²) in [5.74, 6) is 2.02. The minimum absolute atomic E-state index is 0.249. The number of pyridine rings is 1. The molecule has 2 aromatic heterocycles. The lowest BCUT2D eigenvalue weighted by atomic mass is 9.99. The fraction of sp³-hybridized carbons (Fsp3) is 0.350. The molecule has 1 fully saturated rings. The van der Waals surface area contributed by atoms with Crippen molar-refractivity contribution in [1.29, 1.82) is 0 Å². The molecule has 1 N–H and O–H groups in total. The highest BCUT2D eigenvalue weighted by Crippen LogP contribution is 2.24. The number of nitrogens with zero attached hydrogens (tertiary/aromatic N) is 4. The predicted molar refractivity (Wildman–Crippen MR) is 99.5 cm³/mol. The lowest BCUT2D eigenvalue weighted by Crippen LogP contribution is -2.37. The van der Waals surface area contributed by atoms with E-state index in [-0.39, 0.29) is 6.61 Å². The molecule has 0 spiro atoms. The Morgan fingerprint density at radius 1 is 1.16 bits per heavy atom. The van der Waals surface area contributed by atoms with Crippen molar-refractivity contribution in [3.05, 3.63) is 48.3 Å². The molecule has 1 aliphatic rings. The molecule has 4 rings (SSSR count). The smallest absolute Gasteiger partial charge is 0.161 e. The average molecular weight is 334 g/mol. The fourth-order valence-electron chi connectivity index (χ4n) is 3.49. The van der Waals surface area contributed by atoms with Gasteiger partial charge in [-0.05, 0) is 43.9 Å². The Balaban J connectivity index is 1.62. The van der Waals surface area contributed by atoms with E-state index < -0.39 is 0 Å². The van der Waals surface area contributed by atoms with Gasteiger partial charge in [-0.15, -0.1) is 0 Å². The van der Waals surface area contributed by atoms with E-state index in [9.17, 15) is 5.11 Å². The molecule has 1 saturated heterocycles. The Bertz CT molecular complexity index is 879. The van der Waals surface area contributed by atoms with Crippen molar-refractivity contribution in [2.24, 2.45) is 5.92 Å². The number of piperidine rings is 1. The molecule has 0 aliphatic carbocycles. The predicted octanol–water partition coefficient (Wildman–Crippen LogP) is 3.21. The van der Waals surface area contributed by atoms with Gasteiger partial charge in [0.25, 0.3) is 0 Å². The second-order valence-electron chi connectivity index (χ2n) is 6.69. The largest absolute Gasteiger partial charge is 0.396 e. The van der Waals surface area contributed by atoms with Gasteiger partial charge in [0.05, 0.1) is 5.52 Å². The van der Waals surface area contributed by atoms with Gasteiger partial charge in [-0.2, -0.15) is 0 Å². The van der Waals surface area contributed by atoms with Crippen LogP contribution >= 0.6 is 0 Å². The van der Waals surface area contributed by atoms with E-state index in [2.05, 4.69) is 19.9 Å². The second-order valence-corrected chi connectivity index (χ2v) is 6.69. The van der Waals surface area contributed by atoms with Crippen molar-refractivity contribution in [2.45, 2.75) is 19.8 Å². The molecule has 1 unspecified atom stereocenters. The summed E-state index contributed by atoms with van der Waals surface area (Å²) in [6, 6.07) is 12.1.